The monoisotopic (exact) mass is 388 g/mol. The van der Waals surface area contributed by atoms with Gasteiger partial charge < -0.3 is 15.4 Å². The van der Waals surface area contributed by atoms with E-state index in [-0.39, 0.29) is 11.8 Å². The minimum absolute atomic E-state index is 0.294. The zero-order valence-electron chi connectivity index (χ0n) is 15.8. The third kappa shape index (κ3) is 5.73. The van der Waals surface area contributed by atoms with Gasteiger partial charge in [0, 0.05) is 23.7 Å². The zero-order chi connectivity index (χ0) is 19.9. The molecule has 0 unspecified atom stereocenters. The summed E-state index contributed by atoms with van der Waals surface area (Å²) in [5.74, 6) is 0.0392. The lowest BCUT2D eigenvalue weighted by molar-refractivity contribution is -0.141. The molecule has 0 aliphatic heterocycles. The molecule has 27 heavy (non-hydrogen) atoms. The summed E-state index contributed by atoms with van der Waals surface area (Å²) in [6, 6.07) is 14.9. The van der Waals surface area contributed by atoms with E-state index in [1.54, 1.807) is 27.0 Å². The number of ether oxygens (including phenoxy) is 1. The lowest BCUT2D eigenvalue weighted by Crippen LogP contribution is -2.48. The summed E-state index contributed by atoms with van der Waals surface area (Å²) in [6.07, 6.45) is 0.644. The van der Waals surface area contributed by atoms with Gasteiger partial charge >= 0.3 is 0 Å². The van der Waals surface area contributed by atoms with Gasteiger partial charge in [-0.15, -0.1) is 0 Å². The predicted molar refractivity (Wildman–Crippen MR) is 107 cm³/mol. The Labute approximate surface area is 165 Å². The molecular weight excluding hydrogens is 364 g/mol. The first-order valence-electron chi connectivity index (χ1n) is 8.77. The minimum atomic E-state index is -1.18. The predicted octanol–water partition coefficient (Wildman–Crippen LogP) is 3.35. The molecule has 0 atom stereocenters. The highest BCUT2D eigenvalue weighted by Crippen LogP contribution is 2.19. The Morgan fingerprint density at radius 2 is 1.74 bits per heavy atom. The summed E-state index contributed by atoms with van der Waals surface area (Å²) in [7, 11) is 1.58. The van der Waals surface area contributed by atoms with Gasteiger partial charge in [0.25, 0.3) is 0 Å². The van der Waals surface area contributed by atoms with E-state index in [9.17, 15) is 9.59 Å². The van der Waals surface area contributed by atoms with Gasteiger partial charge in [-0.2, -0.15) is 0 Å². The van der Waals surface area contributed by atoms with E-state index < -0.39 is 5.41 Å². The summed E-state index contributed by atoms with van der Waals surface area (Å²) in [5, 5.41) is 6.30. The van der Waals surface area contributed by atoms with Crippen molar-refractivity contribution >= 4 is 23.4 Å². The molecule has 0 aliphatic rings. The summed E-state index contributed by atoms with van der Waals surface area (Å²) < 4.78 is 5.27. The molecule has 0 spiro atoms. The molecule has 0 bridgehead atoms. The maximum absolute atomic E-state index is 12.5. The number of halogens is 1. The number of rotatable bonds is 8. The second kappa shape index (κ2) is 9.42. The molecule has 0 aliphatic carbocycles. The number of carbonyl (C=O) groups excluding carboxylic acids is 2. The molecular formula is C21H25ClN2O3. The molecule has 0 fully saturated rings. The molecule has 0 radical (unpaired) electrons. The SMILES string of the molecule is COc1ccccc1CNC(=O)C(C)(C)C(=O)NCCc1cccc(Cl)c1. The molecule has 2 aromatic carbocycles. The third-order valence-corrected chi connectivity index (χ3v) is 4.59. The van der Waals surface area contributed by atoms with Crippen molar-refractivity contribution in [3.8, 4) is 5.75 Å². The minimum Gasteiger partial charge on any atom is -0.496 e. The Hall–Kier alpha value is -2.53. The number of amides is 2. The lowest BCUT2D eigenvalue weighted by atomic mass is 9.91. The summed E-state index contributed by atoms with van der Waals surface area (Å²) in [4.78, 5) is 25.0. The first-order chi connectivity index (χ1) is 12.8. The van der Waals surface area contributed by atoms with Crippen LogP contribution in [0.25, 0.3) is 0 Å². The summed E-state index contributed by atoms with van der Waals surface area (Å²) in [6.45, 7) is 3.95. The van der Waals surface area contributed by atoms with Gasteiger partial charge in [0.05, 0.1) is 7.11 Å². The Balaban J connectivity index is 1.87. The van der Waals surface area contributed by atoms with Crippen molar-refractivity contribution in [2.45, 2.75) is 26.8 Å². The number of carbonyl (C=O) groups is 2. The molecule has 2 aromatic rings. The van der Waals surface area contributed by atoms with Gasteiger partial charge in [-0.05, 0) is 44.0 Å². The van der Waals surface area contributed by atoms with Crippen molar-refractivity contribution in [2.24, 2.45) is 5.41 Å². The second-order valence-corrected chi connectivity index (χ2v) is 7.19. The van der Waals surface area contributed by atoms with Crippen LogP contribution in [0.5, 0.6) is 5.75 Å². The zero-order valence-corrected chi connectivity index (χ0v) is 16.6. The molecule has 6 heteroatoms. The second-order valence-electron chi connectivity index (χ2n) is 6.76. The number of para-hydroxylation sites is 1. The Morgan fingerprint density at radius 1 is 1.04 bits per heavy atom. The van der Waals surface area contributed by atoms with Gasteiger partial charge in [0.2, 0.25) is 11.8 Å². The van der Waals surface area contributed by atoms with E-state index in [2.05, 4.69) is 10.6 Å². The fourth-order valence-corrected chi connectivity index (χ4v) is 2.80. The van der Waals surface area contributed by atoms with Crippen LogP contribution in [0.1, 0.15) is 25.0 Å². The Morgan fingerprint density at radius 3 is 2.44 bits per heavy atom. The van der Waals surface area contributed by atoms with E-state index in [0.717, 1.165) is 11.1 Å². The fraction of sp³-hybridized carbons (Fsp3) is 0.333. The topological polar surface area (TPSA) is 67.4 Å². The number of hydrogen-bond acceptors (Lipinski definition) is 3. The molecule has 0 saturated carbocycles. The van der Waals surface area contributed by atoms with Crippen LogP contribution in [0.2, 0.25) is 5.02 Å². The maximum atomic E-state index is 12.5. The average molecular weight is 389 g/mol. The Kier molecular flexibility index (Phi) is 7.25. The van der Waals surface area contributed by atoms with Crippen LogP contribution in [0.15, 0.2) is 48.5 Å². The quantitative estimate of drug-likeness (QED) is 0.681. The number of hydrogen-bond donors (Lipinski definition) is 2. The van der Waals surface area contributed by atoms with E-state index in [4.69, 9.17) is 16.3 Å². The largest absolute Gasteiger partial charge is 0.496 e. The molecule has 2 amide bonds. The van der Waals surface area contributed by atoms with Crippen molar-refractivity contribution in [3.63, 3.8) is 0 Å². The number of nitrogens with one attached hydrogen (secondary N) is 2. The van der Waals surface area contributed by atoms with Crippen LogP contribution < -0.4 is 15.4 Å². The highest BCUT2D eigenvalue weighted by Gasteiger charge is 2.35. The van der Waals surface area contributed by atoms with Gasteiger partial charge in [-0.3, -0.25) is 9.59 Å². The molecule has 5 nitrogen and oxygen atoms in total. The lowest BCUT2D eigenvalue weighted by Gasteiger charge is -2.23. The van der Waals surface area contributed by atoms with Crippen LogP contribution in [0.4, 0.5) is 0 Å². The number of benzene rings is 2. The van der Waals surface area contributed by atoms with Crippen molar-refractivity contribution < 1.29 is 14.3 Å². The van der Waals surface area contributed by atoms with E-state index in [0.29, 0.717) is 30.3 Å². The van der Waals surface area contributed by atoms with E-state index in [1.807, 2.05) is 42.5 Å². The smallest absolute Gasteiger partial charge is 0.235 e. The summed E-state index contributed by atoms with van der Waals surface area (Å²) in [5.41, 5.74) is 0.697. The van der Waals surface area contributed by atoms with E-state index in [1.165, 1.54) is 0 Å². The molecule has 2 N–H and O–H groups in total. The molecule has 2 rings (SSSR count). The van der Waals surface area contributed by atoms with Crippen LogP contribution in [0.3, 0.4) is 0 Å². The highest BCUT2D eigenvalue weighted by molar-refractivity contribution is 6.30. The van der Waals surface area contributed by atoms with E-state index >= 15 is 0 Å². The first-order valence-corrected chi connectivity index (χ1v) is 9.15. The van der Waals surface area contributed by atoms with Gasteiger partial charge in [0.15, 0.2) is 0 Å². The normalized spacial score (nSPS) is 11.0. The fourth-order valence-electron chi connectivity index (χ4n) is 2.58. The van der Waals surface area contributed by atoms with Crippen molar-refractivity contribution in [1.29, 1.82) is 0 Å². The maximum Gasteiger partial charge on any atom is 0.235 e. The van der Waals surface area contributed by atoms with Gasteiger partial charge in [-0.1, -0.05) is 41.9 Å². The average Bonchev–Trinajstić information content (AvgIpc) is 2.66. The third-order valence-electron chi connectivity index (χ3n) is 4.36. The summed E-state index contributed by atoms with van der Waals surface area (Å²) >= 11 is 5.96. The Bertz CT molecular complexity index is 806. The van der Waals surface area contributed by atoms with Gasteiger partial charge in [-0.25, -0.2) is 0 Å². The molecule has 0 heterocycles. The molecule has 0 saturated heterocycles. The molecule has 144 valence electrons. The van der Waals surface area contributed by atoms with Crippen LogP contribution >= 0.6 is 11.6 Å². The van der Waals surface area contributed by atoms with Crippen molar-refractivity contribution in [1.82, 2.24) is 10.6 Å². The number of methoxy groups -OCH3 is 1. The molecule has 0 aromatic heterocycles. The van der Waals surface area contributed by atoms with Gasteiger partial charge in [0.1, 0.15) is 11.2 Å². The van der Waals surface area contributed by atoms with Crippen LogP contribution in [-0.2, 0) is 22.6 Å². The van der Waals surface area contributed by atoms with Crippen molar-refractivity contribution in [3.05, 3.63) is 64.7 Å². The first kappa shape index (κ1) is 20.8. The standard InChI is InChI=1S/C21H25ClN2O3/c1-21(2,19(25)23-12-11-15-7-6-9-17(22)13-15)20(26)24-14-16-8-4-5-10-18(16)27-3/h4-10,13H,11-12,14H2,1-3H3,(H,23,25)(H,24,26). The highest BCUT2D eigenvalue weighted by atomic mass is 35.5. The van der Waals surface area contributed by atoms with Crippen molar-refractivity contribution in [2.75, 3.05) is 13.7 Å². The van der Waals surface area contributed by atoms with Crippen LogP contribution in [-0.4, -0.2) is 25.5 Å². The van der Waals surface area contributed by atoms with Crippen LogP contribution in [0, 0.1) is 5.41 Å².